The highest BCUT2D eigenvalue weighted by Gasteiger charge is 2.18. The van der Waals surface area contributed by atoms with Gasteiger partial charge in [0.1, 0.15) is 0 Å². The zero-order valence-corrected chi connectivity index (χ0v) is 13.9. The van der Waals surface area contributed by atoms with Crippen LogP contribution in [-0.2, 0) is 13.5 Å². The minimum absolute atomic E-state index is 0.218. The third-order valence-corrected chi connectivity index (χ3v) is 3.92. The van der Waals surface area contributed by atoms with Crippen LogP contribution in [0.25, 0.3) is 0 Å². The van der Waals surface area contributed by atoms with Gasteiger partial charge in [0.15, 0.2) is 0 Å². The maximum absolute atomic E-state index is 4.39. The van der Waals surface area contributed by atoms with Crippen molar-refractivity contribution in [1.82, 2.24) is 15.1 Å². The van der Waals surface area contributed by atoms with E-state index in [0.29, 0.717) is 5.92 Å². The Morgan fingerprint density at radius 3 is 2.62 bits per heavy atom. The van der Waals surface area contributed by atoms with Gasteiger partial charge < -0.3 is 5.32 Å². The summed E-state index contributed by atoms with van der Waals surface area (Å²) in [6.07, 6.45) is 3.11. The molecule has 3 heteroatoms. The minimum atomic E-state index is 0.218. The Hall–Kier alpha value is -1.61. The number of benzene rings is 1. The molecule has 1 unspecified atom stereocenters. The molecule has 0 radical (unpaired) electrons. The van der Waals surface area contributed by atoms with Gasteiger partial charge in [0.05, 0.1) is 12.2 Å². The first-order valence-electron chi connectivity index (χ1n) is 7.83. The topological polar surface area (TPSA) is 29.9 Å². The van der Waals surface area contributed by atoms with E-state index in [4.69, 9.17) is 0 Å². The molecule has 1 aromatic carbocycles. The Balaban J connectivity index is 2.36. The van der Waals surface area contributed by atoms with Crippen LogP contribution in [0.3, 0.4) is 0 Å². The Bertz CT molecular complexity index is 584. The molecule has 0 saturated heterocycles. The molecule has 0 spiro atoms. The van der Waals surface area contributed by atoms with Gasteiger partial charge in [-0.3, -0.25) is 4.68 Å². The number of hydrogen-bond donors (Lipinski definition) is 1. The molecule has 0 aliphatic carbocycles. The monoisotopic (exact) mass is 285 g/mol. The summed E-state index contributed by atoms with van der Waals surface area (Å²) in [6.45, 7) is 9.74. The number of rotatable bonds is 6. The number of hydrogen-bond acceptors (Lipinski definition) is 2. The van der Waals surface area contributed by atoms with Gasteiger partial charge in [-0.15, -0.1) is 0 Å². The molecule has 1 aromatic heterocycles. The van der Waals surface area contributed by atoms with Crippen molar-refractivity contribution in [1.29, 1.82) is 0 Å². The van der Waals surface area contributed by atoms with Gasteiger partial charge in [-0.25, -0.2) is 0 Å². The molecule has 114 valence electrons. The zero-order chi connectivity index (χ0) is 15.4. The number of aromatic nitrogens is 2. The molecule has 21 heavy (non-hydrogen) atoms. The van der Waals surface area contributed by atoms with Crippen LogP contribution >= 0.6 is 0 Å². The fourth-order valence-electron chi connectivity index (χ4n) is 2.78. The van der Waals surface area contributed by atoms with E-state index in [-0.39, 0.29) is 6.04 Å². The lowest BCUT2D eigenvalue weighted by molar-refractivity contribution is 0.619. The standard InChI is InChI=1S/C18H27N3/c1-6-19-18(17-12-20-21(5)14(17)4)16-9-7-8-15(11-16)10-13(2)3/h7-9,11-13,18-19H,6,10H2,1-5H3. The quantitative estimate of drug-likeness (QED) is 0.878. The Morgan fingerprint density at radius 2 is 2.05 bits per heavy atom. The van der Waals surface area contributed by atoms with Gasteiger partial charge in [0.25, 0.3) is 0 Å². The van der Waals surface area contributed by atoms with Crippen molar-refractivity contribution in [3.8, 4) is 0 Å². The van der Waals surface area contributed by atoms with E-state index in [2.05, 4.69) is 62.4 Å². The summed E-state index contributed by atoms with van der Waals surface area (Å²) in [5, 5.41) is 7.99. The second-order valence-corrected chi connectivity index (χ2v) is 6.14. The molecule has 0 saturated carbocycles. The maximum Gasteiger partial charge on any atom is 0.0610 e. The Labute approximate surface area is 128 Å². The largest absolute Gasteiger partial charge is 0.306 e. The van der Waals surface area contributed by atoms with Crippen LogP contribution in [0.2, 0.25) is 0 Å². The first-order chi connectivity index (χ1) is 10.0. The summed E-state index contributed by atoms with van der Waals surface area (Å²) < 4.78 is 1.94. The highest BCUT2D eigenvalue weighted by atomic mass is 15.3. The second-order valence-electron chi connectivity index (χ2n) is 6.14. The van der Waals surface area contributed by atoms with Gasteiger partial charge >= 0.3 is 0 Å². The molecule has 1 atom stereocenters. The fraction of sp³-hybridized carbons (Fsp3) is 0.500. The van der Waals surface area contributed by atoms with Gasteiger partial charge in [0, 0.05) is 18.3 Å². The molecule has 0 fully saturated rings. The first kappa shape index (κ1) is 15.8. The zero-order valence-electron chi connectivity index (χ0n) is 13.9. The van der Waals surface area contributed by atoms with E-state index in [1.54, 1.807) is 0 Å². The molecule has 1 heterocycles. The summed E-state index contributed by atoms with van der Waals surface area (Å²) in [6, 6.07) is 9.16. The van der Waals surface area contributed by atoms with Crippen molar-refractivity contribution in [2.45, 2.75) is 40.2 Å². The van der Waals surface area contributed by atoms with E-state index in [1.807, 2.05) is 17.9 Å². The predicted molar refractivity (Wildman–Crippen MR) is 88.4 cm³/mol. The molecular weight excluding hydrogens is 258 g/mol. The van der Waals surface area contributed by atoms with Crippen molar-refractivity contribution in [3.05, 3.63) is 52.8 Å². The molecule has 0 amide bonds. The van der Waals surface area contributed by atoms with Gasteiger partial charge in [-0.1, -0.05) is 45.0 Å². The number of nitrogens with zero attached hydrogens (tertiary/aromatic N) is 2. The fourth-order valence-corrected chi connectivity index (χ4v) is 2.78. The van der Waals surface area contributed by atoms with Crippen LogP contribution < -0.4 is 5.32 Å². The van der Waals surface area contributed by atoms with E-state index >= 15 is 0 Å². The van der Waals surface area contributed by atoms with Crippen molar-refractivity contribution >= 4 is 0 Å². The van der Waals surface area contributed by atoms with Crippen molar-refractivity contribution in [3.63, 3.8) is 0 Å². The van der Waals surface area contributed by atoms with Gasteiger partial charge in [0.2, 0.25) is 0 Å². The molecule has 1 N–H and O–H groups in total. The molecule has 0 aliphatic heterocycles. The van der Waals surface area contributed by atoms with E-state index in [9.17, 15) is 0 Å². The maximum atomic E-state index is 4.39. The van der Waals surface area contributed by atoms with Crippen molar-refractivity contribution in [2.24, 2.45) is 13.0 Å². The molecule has 0 aliphatic rings. The van der Waals surface area contributed by atoms with Gasteiger partial charge in [-0.2, -0.15) is 5.10 Å². The SMILES string of the molecule is CCNC(c1cccc(CC(C)C)c1)c1cnn(C)c1C. The highest BCUT2D eigenvalue weighted by molar-refractivity contribution is 5.35. The Morgan fingerprint density at radius 1 is 1.29 bits per heavy atom. The summed E-state index contributed by atoms with van der Waals surface area (Å²) in [5.41, 5.74) is 5.22. The summed E-state index contributed by atoms with van der Waals surface area (Å²) in [7, 11) is 2.00. The predicted octanol–water partition coefficient (Wildman–Crippen LogP) is 3.63. The smallest absolute Gasteiger partial charge is 0.0610 e. The van der Waals surface area contributed by atoms with Crippen LogP contribution in [0.15, 0.2) is 30.5 Å². The van der Waals surface area contributed by atoms with Crippen LogP contribution in [0.5, 0.6) is 0 Å². The van der Waals surface area contributed by atoms with Crippen molar-refractivity contribution in [2.75, 3.05) is 6.54 Å². The lowest BCUT2D eigenvalue weighted by atomic mass is 9.95. The molecule has 3 nitrogen and oxygen atoms in total. The summed E-state index contributed by atoms with van der Waals surface area (Å²) in [5.74, 6) is 0.679. The van der Waals surface area contributed by atoms with Crippen LogP contribution in [-0.4, -0.2) is 16.3 Å². The lowest BCUT2D eigenvalue weighted by Crippen LogP contribution is -2.22. The Kier molecular flexibility index (Phi) is 5.18. The van der Waals surface area contributed by atoms with Crippen LogP contribution in [0.1, 0.15) is 49.2 Å². The third-order valence-electron chi connectivity index (χ3n) is 3.92. The normalized spacial score (nSPS) is 12.9. The third kappa shape index (κ3) is 3.73. The lowest BCUT2D eigenvalue weighted by Gasteiger charge is -2.19. The molecule has 0 bridgehead atoms. The molecule has 2 rings (SSSR count). The van der Waals surface area contributed by atoms with Crippen LogP contribution in [0, 0.1) is 12.8 Å². The van der Waals surface area contributed by atoms with Gasteiger partial charge in [-0.05, 0) is 36.9 Å². The summed E-state index contributed by atoms with van der Waals surface area (Å²) >= 11 is 0. The minimum Gasteiger partial charge on any atom is -0.306 e. The number of aryl methyl sites for hydroxylation is 1. The molecular formula is C18H27N3. The van der Waals surface area contributed by atoms with E-state index in [1.165, 1.54) is 22.4 Å². The van der Waals surface area contributed by atoms with E-state index in [0.717, 1.165) is 13.0 Å². The highest BCUT2D eigenvalue weighted by Crippen LogP contribution is 2.25. The average Bonchev–Trinajstić information content (AvgIpc) is 2.76. The first-order valence-corrected chi connectivity index (χ1v) is 7.83. The van der Waals surface area contributed by atoms with Crippen molar-refractivity contribution < 1.29 is 0 Å². The molecule has 2 aromatic rings. The van der Waals surface area contributed by atoms with E-state index < -0.39 is 0 Å². The average molecular weight is 285 g/mol. The summed E-state index contributed by atoms with van der Waals surface area (Å²) in [4.78, 5) is 0. The number of nitrogens with one attached hydrogen (secondary N) is 1. The second kappa shape index (κ2) is 6.90. The van der Waals surface area contributed by atoms with Crippen LogP contribution in [0.4, 0.5) is 0 Å².